The third-order valence-electron chi connectivity index (χ3n) is 5.02. The zero-order valence-corrected chi connectivity index (χ0v) is 23.9. The molecule has 0 aliphatic carbocycles. The van der Waals surface area contributed by atoms with Gasteiger partial charge in [0.05, 0.1) is 23.2 Å². The number of nitrogens with zero attached hydrogens (tertiary/aromatic N) is 1. The Balaban J connectivity index is 1.73. The number of benzene rings is 3. The summed E-state index contributed by atoms with van der Waals surface area (Å²) >= 11 is 19.2. The summed E-state index contributed by atoms with van der Waals surface area (Å²) in [5.74, 6) is 1.24. The molecule has 10 heteroatoms. The van der Waals surface area contributed by atoms with E-state index in [0.717, 1.165) is 11.1 Å². The van der Waals surface area contributed by atoms with Crippen LogP contribution in [0.25, 0.3) is 6.08 Å². The van der Waals surface area contributed by atoms with Crippen LogP contribution in [0, 0.1) is 11.3 Å². The van der Waals surface area contributed by atoms with Crippen LogP contribution >= 0.6 is 55.1 Å². The Morgan fingerprint density at radius 1 is 1.03 bits per heavy atom. The fourth-order valence-electron chi connectivity index (χ4n) is 3.17. The van der Waals surface area contributed by atoms with Crippen molar-refractivity contribution in [2.75, 3.05) is 14.2 Å². The first-order valence-electron chi connectivity index (χ1n) is 10.4. The third-order valence-corrected chi connectivity index (χ3v) is 6.78. The topological polar surface area (TPSA) is 80.6 Å². The van der Waals surface area contributed by atoms with Gasteiger partial charge < -0.3 is 19.5 Å². The van der Waals surface area contributed by atoms with E-state index in [2.05, 4.69) is 37.2 Å². The minimum absolute atomic E-state index is 0.0529. The van der Waals surface area contributed by atoms with E-state index in [9.17, 15) is 10.1 Å². The standard InChI is InChI=1S/C26H20Br2Cl2N2O4/c1-34-20-6-4-16(24(11-20)35-2)13-32-26(33)18(12-31)7-15-8-21(27)25(22(28)9-15)36-14-17-3-5-19(29)10-23(17)30/h3-11H,13-14H2,1-2H3,(H,32,33)/b18-7+. The van der Waals surface area contributed by atoms with E-state index in [1.807, 2.05) is 6.07 Å². The Morgan fingerprint density at radius 2 is 1.72 bits per heavy atom. The Kier molecular flexibility index (Phi) is 10.1. The van der Waals surface area contributed by atoms with Crippen molar-refractivity contribution in [1.82, 2.24) is 5.32 Å². The zero-order valence-electron chi connectivity index (χ0n) is 19.2. The van der Waals surface area contributed by atoms with Crippen molar-refractivity contribution in [3.63, 3.8) is 0 Å². The predicted molar refractivity (Wildman–Crippen MR) is 148 cm³/mol. The van der Waals surface area contributed by atoms with Gasteiger partial charge in [0.15, 0.2) is 0 Å². The van der Waals surface area contributed by atoms with Crippen LogP contribution in [-0.2, 0) is 17.9 Å². The summed E-state index contributed by atoms with van der Waals surface area (Å²) < 4.78 is 17.7. The van der Waals surface area contributed by atoms with E-state index >= 15 is 0 Å². The van der Waals surface area contributed by atoms with Crippen molar-refractivity contribution in [2.24, 2.45) is 0 Å². The molecule has 0 aliphatic heterocycles. The predicted octanol–water partition coefficient (Wildman–Crippen LogP) is 7.34. The molecule has 0 radical (unpaired) electrons. The van der Waals surface area contributed by atoms with Crippen LogP contribution in [-0.4, -0.2) is 20.1 Å². The van der Waals surface area contributed by atoms with E-state index in [4.69, 9.17) is 37.4 Å². The van der Waals surface area contributed by atoms with Crippen molar-refractivity contribution >= 4 is 67.0 Å². The highest BCUT2D eigenvalue weighted by atomic mass is 79.9. The molecule has 3 aromatic rings. The van der Waals surface area contributed by atoms with Crippen LogP contribution in [0.15, 0.2) is 63.0 Å². The molecule has 186 valence electrons. The number of hydrogen-bond donors (Lipinski definition) is 1. The smallest absolute Gasteiger partial charge is 0.262 e. The normalized spacial score (nSPS) is 11.0. The van der Waals surface area contributed by atoms with Crippen LogP contribution in [0.5, 0.6) is 17.2 Å². The maximum absolute atomic E-state index is 12.7. The average Bonchev–Trinajstić information content (AvgIpc) is 2.86. The van der Waals surface area contributed by atoms with Gasteiger partial charge in [-0.1, -0.05) is 29.3 Å². The molecule has 36 heavy (non-hydrogen) atoms. The summed E-state index contributed by atoms with van der Waals surface area (Å²) in [5.41, 5.74) is 2.10. The number of nitrogens with one attached hydrogen (secondary N) is 1. The van der Waals surface area contributed by atoms with Gasteiger partial charge in [0.1, 0.15) is 35.5 Å². The van der Waals surface area contributed by atoms with Gasteiger partial charge in [-0.2, -0.15) is 5.26 Å². The number of halogens is 4. The molecule has 0 heterocycles. The molecule has 6 nitrogen and oxygen atoms in total. The minimum atomic E-state index is -0.514. The van der Waals surface area contributed by atoms with Gasteiger partial charge in [-0.15, -0.1) is 0 Å². The largest absolute Gasteiger partial charge is 0.497 e. The fourth-order valence-corrected chi connectivity index (χ4v) is 5.09. The van der Waals surface area contributed by atoms with Gasteiger partial charge in [0, 0.05) is 33.8 Å². The molecule has 1 N–H and O–H groups in total. The highest BCUT2D eigenvalue weighted by Crippen LogP contribution is 2.36. The number of ether oxygens (including phenoxy) is 3. The fraction of sp³-hybridized carbons (Fsp3) is 0.154. The maximum atomic E-state index is 12.7. The lowest BCUT2D eigenvalue weighted by Gasteiger charge is -2.13. The summed E-state index contributed by atoms with van der Waals surface area (Å²) in [6, 6.07) is 15.9. The first-order chi connectivity index (χ1) is 17.2. The van der Waals surface area contributed by atoms with Crippen molar-refractivity contribution in [3.8, 4) is 23.3 Å². The molecular weight excluding hydrogens is 635 g/mol. The van der Waals surface area contributed by atoms with E-state index in [1.54, 1.807) is 55.6 Å². The van der Waals surface area contributed by atoms with E-state index < -0.39 is 5.91 Å². The number of methoxy groups -OCH3 is 2. The van der Waals surface area contributed by atoms with Gasteiger partial charge in [-0.3, -0.25) is 4.79 Å². The molecule has 0 fully saturated rings. The summed E-state index contributed by atoms with van der Waals surface area (Å²) in [6.07, 6.45) is 1.50. The molecule has 0 bridgehead atoms. The molecule has 0 aromatic heterocycles. The molecular formula is C26H20Br2Cl2N2O4. The zero-order chi connectivity index (χ0) is 26.2. The lowest BCUT2D eigenvalue weighted by molar-refractivity contribution is -0.117. The molecule has 0 saturated carbocycles. The quantitative estimate of drug-likeness (QED) is 0.193. The first-order valence-corrected chi connectivity index (χ1v) is 12.8. The van der Waals surface area contributed by atoms with Crippen molar-refractivity contribution in [1.29, 1.82) is 5.26 Å². The van der Waals surface area contributed by atoms with Crippen LogP contribution in [0.4, 0.5) is 0 Å². The molecule has 0 atom stereocenters. The van der Waals surface area contributed by atoms with E-state index in [1.165, 1.54) is 13.2 Å². The molecule has 1 amide bonds. The molecule has 0 saturated heterocycles. The molecule has 0 aliphatic rings. The second-order valence-electron chi connectivity index (χ2n) is 7.37. The second-order valence-corrected chi connectivity index (χ2v) is 9.92. The van der Waals surface area contributed by atoms with Crippen LogP contribution in [0.2, 0.25) is 10.0 Å². The van der Waals surface area contributed by atoms with Crippen molar-refractivity contribution in [2.45, 2.75) is 13.2 Å². The Morgan fingerprint density at radius 3 is 2.33 bits per heavy atom. The van der Waals surface area contributed by atoms with Crippen molar-refractivity contribution in [3.05, 3.63) is 89.8 Å². The number of nitriles is 1. The summed E-state index contributed by atoms with van der Waals surface area (Å²) in [5, 5.41) is 13.4. The first kappa shape index (κ1) is 27.9. The number of carbonyl (C=O) groups excluding carboxylic acids is 1. The third kappa shape index (κ3) is 7.17. The molecule has 3 aromatic carbocycles. The highest BCUT2D eigenvalue weighted by Gasteiger charge is 2.14. The Hall–Kier alpha value is -2.70. The van der Waals surface area contributed by atoms with E-state index in [0.29, 0.717) is 41.8 Å². The SMILES string of the molecule is COc1ccc(CNC(=O)/C(C#N)=C/c2cc(Br)c(OCc3ccc(Cl)cc3Cl)c(Br)c2)c(OC)c1. The average molecular weight is 655 g/mol. The van der Waals surface area contributed by atoms with Crippen LogP contribution in [0.1, 0.15) is 16.7 Å². The number of carbonyl (C=O) groups is 1. The Bertz CT molecular complexity index is 1330. The molecule has 0 spiro atoms. The highest BCUT2D eigenvalue weighted by molar-refractivity contribution is 9.11. The van der Waals surface area contributed by atoms with Gasteiger partial charge in [0.25, 0.3) is 5.91 Å². The van der Waals surface area contributed by atoms with Gasteiger partial charge in [-0.05, 0) is 79.9 Å². The monoisotopic (exact) mass is 652 g/mol. The van der Waals surface area contributed by atoms with E-state index in [-0.39, 0.29) is 18.7 Å². The molecule has 0 unspecified atom stereocenters. The second kappa shape index (κ2) is 13.0. The number of amides is 1. The summed E-state index contributed by atoms with van der Waals surface area (Å²) in [4.78, 5) is 12.7. The maximum Gasteiger partial charge on any atom is 0.262 e. The Labute approximate surface area is 236 Å². The lowest BCUT2D eigenvalue weighted by atomic mass is 10.1. The van der Waals surface area contributed by atoms with Gasteiger partial charge in [0.2, 0.25) is 0 Å². The van der Waals surface area contributed by atoms with Crippen LogP contribution < -0.4 is 19.5 Å². The lowest BCUT2D eigenvalue weighted by Crippen LogP contribution is -2.24. The van der Waals surface area contributed by atoms with Gasteiger partial charge in [-0.25, -0.2) is 0 Å². The van der Waals surface area contributed by atoms with Crippen molar-refractivity contribution < 1.29 is 19.0 Å². The number of hydrogen-bond acceptors (Lipinski definition) is 5. The summed E-state index contributed by atoms with van der Waals surface area (Å²) in [7, 11) is 3.10. The van der Waals surface area contributed by atoms with Gasteiger partial charge >= 0.3 is 0 Å². The minimum Gasteiger partial charge on any atom is -0.497 e. The summed E-state index contributed by atoms with van der Waals surface area (Å²) in [6.45, 7) is 0.404. The molecule has 3 rings (SSSR count). The number of rotatable bonds is 9. The van der Waals surface area contributed by atoms with Crippen LogP contribution in [0.3, 0.4) is 0 Å².